The van der Waals surface area contributed by atoms with E-state index in [-0.39, 0.29) is 34.7 Å². The molecule has 0 amide bonds. The second-order valence-corrected chi connectivity index (χ2v) is 14.3. The predicted molar refractivity (Wildman–Crippen MR) is 183 cm³/mol. The molecule has 4 aromatic rings. The summed E-state index contributed by atoms with van der Waals surface area (Å²) >= 11 is 0. The number of nitrogens with zero attached hydrogens (tertiary/aromatic N) is 5. The number of hydrogen-bond donors (Lipinski definition) is 3. The number of methoxy groups -OCH3 is 2. The minimum atomic E-state index is -3.88. The van der Waals surface area contributed by atoms with E-state index in [9.17, 15) is 8.42 Å². The van der Waals surface area contributed by atoms with E-state index in [4.69, 9.17) is 19.3 Å². The molecule has 3 N–H and O–H groups in total. The van der Waals surface area contributed by atoms with Crippen LogP contribution in [0, 0.1) is 6.92 Å². The van der Waals surface area contributed by atoms with Crippen LogP contribution in [0.5, 0.6) is 5.75 Å². The highest BCUT2D eigenvalue weighted by Crippen LogP contribution is 2.47. The Morgan fingerprint density at radius 1 is 1.14 bits per heavy atom. The van der Waals surface area contributed by atoms with Crippen LogP contribution < -0.4 is 25.6 Å². The number of hydrogen-bond acceptors (Lipinski definition) is 11. The summed E-state index contributed by atoms with van der Waals surface area (Å²) in [5.74, 6) is 1.28. The predicted octanol–water partition coefficient (Wildman–Crippen LogP) is 3.90. The number of sulfone groups is 1. The highest BCUT2D eigenvalue weighted by atomic mass is 32.2. The second-order valence-electron chi connectivity index (χ2n) is 12.3. The van der Waals surface area contributed by atoms with E-state index in [1.165, 1.54) is 20.2 Å². The zero-order chi connectivity index (χ0) is 35.0. The lowest BCUT2D eigenvalue weighted by molar-refractivity contribution is -0.0407. The molecule has 49 heavy (non-hydrogen) atoms. The Labute approximate surface area is 285 Å². The van der Waals surface area contributed by atoms with Crippen LogP contribution in [0.25, 0.3) is 5.70 Å². The Bertz CT molecular complexity index is 1940. The third-order valence-corrected chi connectivity index (χ3v) is 10.1. The highest BCUT2D eigenvalue weighted by Gasteiger charge is 2.57. The van der Waals surface area contributed by atoms with Crippen LogP contribution in [0.4, 0.5) is 10.2 Å². The second kappa shape index (κ2) is 13.5. The van der Waals surface area contributed by atoms with Crippen LogP contribution in [0.3, 0.4) is 0 Å². The number of alkyl halides is 1. The van der Waals surface area contributed by atoms with Crippen molar-refractivity contribution in [2.75, 3.05) is 39.0 Å². The maximum atomic E-state index is 17.4. The van der Waals surface area contributed by atoms with Gasteiger partial charge in [-0.2, -0.15) is 14.6 Å². The van der Waals surface area contributed by atoms with Gasteiger partial charge in [0.15, 0.2) is 33.3 Å². The molecule has 15 heteroatoms. The van der Waals surface area contributed by atoms with E-state index in [2.05, 4.69) is 21.0 Å². The molecule has 1 saturated heterocycles. The molecule has 6 rings (SSSR count). The van der Waals surface area contributed by atoms with E-state index < -0.39 is 21.5 Å². The number of ether oxygens (including phenoxy) is 3. The molecule has 3 unspecified atom stereocenters. The standard InChI is InChI=1S/C34H43FN8O5S/c1-23-19-29(39-43(23)30-13-9-10-18-48-30)42(21-24-14-16-26(46-4)17-15-24)33(27-11-7-8-12-28(27)49(6,44)45)32(47-5)31(25-20-37-41(3)22-25)38-34(35,36-2)40-33/h7-8,11-12,14-17,19-20,22,30,36,38,40H,9-10,13,18,21H2,1-6H3. The summed E-state index contributed by atoms with van der Waals surface area (Å²) in [6.45, 7) is 2.68. The smallest absolute Gasteiger partial charge is 0.297 e. The van der Waals surface area contributed by atoms with Crippen molar-refractivity contribution >= 4 is 21.4 Å². The monoisotopic (exact) mass is 694 g/mol. The summed E-state index contributed by atoms with van der Waals surface area (Å²) < 4.78 is 65.8. The molecule has 2 aromatic heterocycles. The zero-order valence-corrected chi connectivity index (χ0v) is 29.3. The Morgan fingerprint density at radius 3 is 2.51 bits per heavy atom. The third-order valence-electron chi connectivity index (χ3n) is 8.94. The molecule has 0 bridgehead atoms. The molecule has 0 aliphatic carbocycles. The first kappa shape index (κ1) is 34.4. The van der Waals surface area contributed by atoms with E-state index in [0.29, 0.717) is 23.7 Å². The molecule has 3 atom stereocenters. The molecule has 0 spiro atoms. The van der Waals surface area contributed by atoms with Gasteiger partial charge in [0.05, 0.1) is 31.0 Å². The highest BCUT2D eigenvalue weighted by molar-refractivity contribution is 7.90. The van der Waals surface area contributed by atoms with Crippen molar-refractivity contribution in [1.29, 1.82) is 0 Å². The summed E-state index contributed by atoms with van der Waals surface area (Å²) in [4.78, 5) is 1.82. The van der Waals surface area contributed by atoms with Gasteiger partial charge in [-0.3, -0.25) is 10.00 Å². The molecule has 0 saturated carbocycles. The van der Waals surface area contributed by atoms with Crippen LogP contribution in [0.15, 0.2) is 77.6 Å². The van der Waals surface area contributed by atoms with Crippen molar-refractivity contribution in [3.05, 3.63) is 95.1 Å². The Hall–Kier alpha value is -4.44. The molecule has 0 radical (unpaired) electrons. The maximum Gasteiger partial charge on any atom is 0.297 e. The summed E-state index contributed by atoms with van der Waals surface area (Å²) in [5.41, 5.74) is 0.774. The van der Waals surface area contributed by atoms with Gasteiger partial charge >= 0.3 is 0 Å². The van der Waals surface area contributed by atoms with E-state index in [1.807, 2.05) is 46.8 Å². The van der Waals surface area contributed by atoms with Crippen molar-refractivity contribution in [3.8, 4) is 5.75 Å². The number of halogens is 1. The van der Waals surface area contributed by atoms with Gasteiger partial charge in [-0.25, -0.2) is 18.4 Å². The van der Waals surface area contributed by atoms with E-state index >= 15 is 4.39 Å². The van der Waals surface area contributed by atoms with Crippen molar-refractivity contribution in [2.24, 2.45) is 7.05 Å². The van der Waals surface area contributed by atoms with Gasteiger partial charge in [0.1, 0.15) is 5.75 Å². The Morgan fingerprint density at radius 2 is 1.90 bits per heavy atom. The average Bonchev–Trinajstić information content (AvgIpc) is 3.72. The first-order valence-electron chi connectivity index (χ1n) is 16.0. The van der Waals surface area contributed by atoms with Crippen LogP contribution in [-0.2, 0) is 38.6 Å². The number of rotatable bonds is 11. The fourth-order valence-corrected chi connectivity index (χ4v) is 7.53. The number of benzene rings is 2. The molecular weight excluding hydrogens is 651 g/mol. The van der Waals surface area contributed by atoms with Crippen molar-refractivity contribution < 1.29 is 27.0 Å². The van der Waals surface area contributed by atoms with Gasteiger partial charge in [-0.1, -0.05) is 30.3 Å². The first-order chi connectivity index (χ1) is 23.4. The lowest BCUT2D eigenvalue weighted by Gasteiger charge is -2.52. The Balaban J connectivity index is 1.72. The first-order valence-corrected chi connectivity index (χ1v) is 17.9. The molecule has 262 valence electrons. The maximum absolute atomic E-state index is 17.4. The molecule has 2 aliphatic rings. The van der Waals surface area contributed by atoms with Crippen LogP contribution >= 0.6 is 0 Å². The summed E-state index contributed by atoms with van der Waals surface area (Å²) in [6, 6.07) is 13.4. The summed E-state index contributed by atoms with van der Waals surface area (Å²) in [5, 5.41) is 18.2. The quantitative estimate of drug-likeness (QED) is 0.197. The molecule has 1 fully saturated rings. The molecule has 2 aromatic carbocycles. The Kier molecular flexibility index (Phi) is 9.46. The average molecular weight is 695 g/mol. The van der Waals surface area contributed by atoms with Crippen molar-refractivity contribution in [2.45, 2.75) is 55.6 Å². The number of aryl methyl sites for hydroxylation is 2. The van der Waals surface area contributed by atoms with Crippen LogP contribution in [-0.4, -0.2) is 68.1 Å². The lowest BCUT2D eigenvalue weighted by Crippen LogP contribution is -2.75. The van der Waals surface area contributed by atoms with Gasteiger partial charge in [-0.15, -0.1) is 0 Å². The number of anilines is 1. The minimum absolute atomic E-state index is 0.0190. The molecular formula is C34H43FN8O5S. The van der Waals surface area contributed by atoms with Gasteiger partial charge in [-0.05, 0) is 57.0 Å². The summed E-state index contributed by atoms with van der Waals surface area (Å²) in [7, 11) is 2.40. The normalized spacial score (nSPS) is 22.9. The summed E-state index contributed by atoms with van der Waals surface area (Å²) in [6.07, 6.45) is 6.90. The number of aromatic nitrogens is 4. The van der Waals surface area contributed by atoms with Crippen LogP contribution in [0.1, 0.15) is 47.9 Å². The van der Waals surface area contributed by atoms with Crippen molar-refractivity contribution in [3.63, 3.8) is 0 Å². The van der Waals surface area contributed by atoms with E-state index in [0.717, 1.165) is 36.8 Å². The fourth-order valence-electron chi connectivity index (χ4n) is 6.59. The van der Waals surface area contributed by atoms with Gasteiger partial charge in [0.25, 0.3) is 6.04 Å². The van der Waals surface area contributed by atoms with Crippen LogP contribution in [0.2, 0.25) is 0 Å². The third kappa shape index (κ3) is 6.50. The van der Waals surface area contributed by atoms with Gasteiger partial charge in [0, 0.05) is 55.5 Å². The van der Waals surface area contributed by atoms with Gasteiger partial charge in [0.2, 0.25) is 0 Å². The van der Waals surface area contributed by atoms with Crippen molar-refractivity contribution in [1.82, 2.24) is 35.5 Å². The number of nitrogens with one attached hydrogen (secondary N) is 3. The lowest BCUT2D eigenvalue weighted by atomic mass is 9.89. The molecule has 13 nitrogen and oxygen atoms in total. The molecule has 2 aliphatic heterocycles. The topological polar surface area (TPSA) is 137 Å². The van der Waals surface area contributed by atoms with E-state index in [1.54, 1.807) is 49.4 Å². The fraction of sp³-hybridized carbons (Fsp3) is 0.412. The SMILES string of the molecule is CNC1(F)NC(c2cnn(C)c2)=C(OC)C(c2ccccc2S(C)(=O)=O)(N(Cc2ccc(OC)cc2)c2cc(C)n(C3CCCCO3)n2)N1. The molecule has 4 heterocycles. The largest absolute Gasteiger partial charge is 0.497 e. The van der Waals surface area contributed by atoms with Gasteiger partial charge < -0.3 is 24.4 Å². The zero-order valence-electron chi connectivity index (χ0n) is 28.5. The minimum Gasteiger partial charge on any atom is -0.497 e.